The summed E-state index contributed by atoms with van der Waals surface area (Å²) in [6, 6.07) is 5.07. The monoisotopic (exact) mass is 285 g/mol. The molecular weight excluding hydrogens is 266 g/mol. The second kappa shape index (κ2) is 7.36. The number of amides is 1. The van der Waals surface area contributed by atoms with Crippen molar-refractivity contribution in [2.24, 2.45) is 0 Å². The fraction of sp³-hybridized carbons (Fsp3) is 0.500. The summed E-state index contributed by atoms with van der Waals surface area (Å²) in [5, 5.41) is 13.0. The van der Waals surface area contributed by atoms with Gasteiger partial charge in [-0.25, -0.2) is 0 Å². The summed E-state index contributed by atoms with van der Waals surface area (Å²) in [6.07, 6.45) is 0.164. The van der Waals surface area contributed by atoms with Crippen molar-refractivity contribution in [2.45, 2.75) is 39.3 Å². The highest BCUT2D eigenvalue weighted by molar-refractivity contribution is 6.30. The molecule has 1 unspecified atom stereocenters. The van der Waals surface area contributed by atoms with E-state index in [1.54, 1.807) is 25.1 Å². The fourth-order valence-electron chi connectivity index (χ4n) is 1.54. The van der Waals surface area contributed by atoms with Gasteiger partial charge in [-0.3, -0.25) is 4.79 Å². The highest BCUT2D eigenvalue weighted by atomic mass is 35.5. The minimum atomic E-state index is -0.702. The molecule has 106 valence electrons. The predicted octanol–water partition coefficient (Wildman–Crippen LogP) is 2.69. The van der Waals surface area contributed by atoms with E-state index in [1.807, 2.05) is 13.8 Å². The Hall–Kier alpha value is -1.26. The maximum atomic E-state index is 11.6. The zero-order chi connectivity index (χ0) is 14.4. The number of halogens is 1. The third-order valence-electron chi connectivity index (χ3n) is 2.80. The molecule has 2 atom stereocenters. The second-order valence-electron chi connectivity index (χ2n) is 4.52. The van der Waals surface area contributed by atoms with E-state index in [1.165, 1.54) is 0 Å². The number of rotatable bonds is 6. The maximum Gasteiger partial charge on any atom is 0.258 e. The van der Waals surface area contributed by atoms with Crippen LogP contribution in [0.1, 0.15) is 38.9 Å². The third kappa shape index (κ3) is 5.09. The van der Waals surface area contributed by atoms with Gasteiger partial charge in [0.1, 0.15) is 5.75 Å². The van der Waals surface area contributed by atoms with Crippen LogP contribution < -0.4 is 10.1 Å². The molecule has 1 aromatic rings. The zero-order valence-electron chi connectivity index (χ0n) is 11.4. The Balaban J connectivity index is 2.65. The first-order valence-corrected chi connectivity index (χ1v) is 6.71. The molecule has 2 N–H and O–H groups in total. The molecule has 0 aliphatic carbocycles. The van der Waals surface area contributed by atoms with E-state index in [-0.39, 0.29) is 18.6 Å². The van der Waals surface area contributed by atoms with Crippen molar-refractivity contribution in [3.63, 3.8) is 0 Å². The molecule has 0 fully saturated rings. The van der Waals surface area contributed by atoms with Crippen LogP contribution in [0, 0.1) is 0 Å². The minimum Gasteiger partial charge on any atom is -0.483 e. The molecule has 0 radical (unpaired) electrons. The van der Waals surface area contributed by atoms with Gasteiger partial charge in [0.2, 0.25) is 0 Å². The largest absolute Gasteiger partial charge is 0.483 e. The third-order valence-corrected chi connectivity index (χ3v) is 3.04. The molecule has 0 heterocycles. The number of carbonyl (C=O) groups is 1. The van der Waals surface area contributed by atoms with E-state index in [0.29, 0.717) is 16.3 Å². The maximum absolute atomic E-state index is 11.6. The Morgan fingerprint density at radius 3 is 2.74 bits per heavy atom. The van der Waals surface area contributed by atoms with Gasteiger partial charge in [-0.1, -0.05) is 18.5 Å². The van der Waals surface area contributed by atoms with Gasteiger partial charge in [0, 0.05) is 16.6 Å². The quantitative estimate of drug-likeness (QED) is 0.845. The summed E-state index contributed by atoms with van der Waals surface area (Å²) in [5.74, 6) is 0.291. The molecule has 4 nitrogen and oxygen atoms in total. The number of benzene rings is 1. The first-order chi connectivity index (χ1) is 8.93. The van der Waals surface area contributed by atoms with E-state index in [9.17, 15) is 9.90 Å². The SMILES string of the molecule is CCC(C)NC(=O)COc1ccc(Cl)cc1[C@H](C)O. The van der Waals surface area contributed by atoms with E-state index in [0.717, 1.165) is 6.42 Å². The molecule has 0 saturated carbocycles. The van der Waals surface area contributed by atoms with Gasteiger partial charge >= 0.3 is 0 Å². The number of nitrogens with one attached hydrogen (secondary N) is 1. The van der Waals surface area contributed by atoms with Crippen LogP contribution in [0.2, 0.25) is 5.02 Å². The Morgan fingerprint density at radius 1 is 1.47 bits per heavy atom. The standard InChI is InChI=1S/C14H20ClNO3/c1-4-9(2)16-14(18)8-19-13-6-5-11(15)7-12(13)10(3)17/h5-7,9-10,17H,4,8H2,1-3H3,(H,16,18)/t9?,10-/m0/s1. The van der Waals surface area contributed by atoms with Gasteiger partial charge in [-0.05, 0) is 38.5 Å². The second-order valence-corrected chi connectivity index (χ2v) is 4.96. The van der Waals surface area contributed by atoms with E-state index in [2.05, 4.69) is 5.32 Å². The molecule has 0 spiro atoms. The smallest absolute Gasteiger partial charge is 0.258 e. The fourth-order valence-corrected chi connectivity index (χ4v) is 1.72. The van der Waals surface area contributed by atoms with Crippen LogP contribution in [-0.2, 0) is 4.79 Å². The van der Waals surface area contributed by atoms with Crippen LogP contribution in [0.25, 0.3) is 0 Å². The average molecular weight is 286 g/mol. The van der Waals surface area contributed by atoms with Crippen molar-refractivity contribution in [1.82, 2.24) is 5.32 Å². The van der Waals surface area contributed by atoms with Gasteiger partial charge in [0.15, 0.2) is 6.61 Å². The summed E-state index contributed by atoms with van der Waals surface area (Å²) in [5.41, 5.74) is 0.573. The summed E-state index contributed by atoms with van der Waals surface area (Å²) >= 11 is 5.87. The summed E-state index contributed by atoms with van der Waals surface area (Å²) in [4.78, 5) is 11.6. The Bertz CT molecular complexity index is 435. The van der Waals surface area contributed by atoms with Gasteiger partial charge in [0.05, 0.1) is 6.10 Å². The molecule has 5 heteroatoms. The van der Waals surface area contributed by atoms with Crippen molar-refractivity contribution < 1.29 is 14.6 Å². The van der Waals surface area contributed by atoms with E-state index in [4.69, 9.17) is 16.3 Å². The Morgan fingerprint density at radius 2 is 2.16 bits per heavy atom. The molecule has 0 aliphatic heterocycles. The van der Waals surface area contributed by atoms with Crippen LogP contribution in [0.5, 0.6) is 5.75 Å². The number of hydrogen-bond donors (Lipinski definition) is 2. The van der Waals surface area contributed by atoms with Crippen LogP contribution >= 0.6 is 11.6 Å². The van der Waals surface area contributed by atoms with Gasteiger partial charge < -0.3 is 15.2 Å². The topological polar surface area (TPSA) is 58.6 Å². The molecule has 0 aliphatic rings. The Kier molecular flexibility index (Phi) is 6.12. The molecule has 0 bridgehead atoms. The van der Waals surface area contributed by atoms with Crippen LogP contribution in [-0.4, -0.2) is 23.7 Å². The predicted molar refractivity (Wildman–Crippen MR) is 75.5 cm³/mol. The molecule has 0 saturated heterocycles. The molecular formula is C14H20ClNO3. The number of aliphatic hydroxyl groups excluding tert-OH is 1. The van der Waals surface area contributed by atoms with Crippen LogP contribution in [0.15, 0.2) is 18.2 Å². The van der Waals surface area contributed by atoms with E-state index < -0.39 is 6.10 Å². The minimum absolute atomic E-state index is 0.0777. The molecule has 1 amide bonds. The number of hydrogen-bond acceptors (Lipinski definition) is 3. The number of carbonyl (C=O) groups excluding carboxylic acids is 1. The highest BCUT2D eigenvalue weighted by Crippen LogP contribution is 2.28. The first kappa shape index (κ1) is 15.8. The van der Waals surface area contributed by atoms with Crippen molar-refractivity contribution in [3.05, 3.63) is 28.8 Å². The van der Waals surface area contributed by atoms with Gasteiger partial charge in [-0.2, -0.15) is 0 Å². The van der Waals surface area contributed by atoms with Crippen LogP contribution in [0.3, 0.4) is 0 Å². The lowest BCUT2D eigenvalue weighted by Gasteiger charge is -2.15. The molecule has 19 heavy (non-hydrogen) atoms. The first-order valence-electron chi connectivity index (χ1n) is 6.33. The van der Waals surface area contributed by atoms with E-state index >= 15 is 0 Å². The lowest BCUT2D eigenvalue weighted by molar-refractivity contribution is -0.123. The van der Waals surface area contributed by atoms with Crippen molar-refractivity contribution in [3.8, 4) is 5.75 Å². The van der Waals surface area contributed by atoms with Crippen LogP contribution in [0.4, 0.5) is 0 Å². The average Bonchev–Trinajstić information content (AvgIpc) is 2.36. The Labute approximate surface area is 118 Å². The van der Waals surface area contributed by atoms with Gasteiger partial charge in [-0.15, -0.1) is 0 Å². The summed E-state index contributed by atoms with van der Waals surface area (Å²) in [6.45, 7) is 5.47. The molecule has 1 aromatic carbocycles. The normalized spacial score (nSPS) is 13.7. The van der Waals surface area contributed by atoms with Crippen molar-refractivity contribution in [1.29, 1.82) is 0 Å². The number of aliphatic hydroxyl groups is 1. The molecule has 0 aromatic heterocycles. The lowest BCUT2D eigenvalue weighted by Crippen LogP contribution is -2.35. The summed E-state index contributed by atoms with van der Waals surface area (Å²) in [7, 11) is 0. The summed E-state index contributed by atoms with van der Waals surface area (Å²) < 4.78 is 5.43. The molecule has 1 rings (SSSR count). The zero-order valence-corrected chi connectivity index (χ0v) is 12.2. The lowest BCUT2D eigenvalue weighted by atomic mass is 10.1. The number of ether oxygens (including phenoxy) is 1. The van der Waals surface area contributed by atoms with Crippen molar-refractivity contribution >= 4 is 17.5 Å². The van der Waals surface area contributed by atoms with Crippen molar-refractivity contribution in [2.75, 3.05) is 6.61 Å². The highest BCUT2D eigenvalue weighted by Gasteiger charge is 2.12. The van der Waals surface area contributed by atoms with Gasteiger partial charge in [0.25, 0.3) is 5.91 Å².